The van der Waals surface area contributed by atoms with Gasteiger partial charge >= 0.3 is 6.09 Å². The quantitative estimate of drug-likeness (QED) is 0.743. The second-order valence-corrected chi connectivity index (χ2v) is 7.63. The van der Waals surface area contributed by atoms with Crippen LogP contribution in [-0.4, -0.2) is 29.0 Å². The minimum Gasteiger partial charge on any atom is -0.442 e. The molecule has 0 spiro atoms. The van der Waals surface area contributed by atoms with E-state index in [1.807, 2.05) is 24.3 Å². The molecule has 6 rings (SSSR count). The first kappa shape index (κ1) is 14.7. The lowest BCUT2D eigenvalue weighted by Gasteiger charge is -2.58. The number of carbonyl (C=O) groups excluding carboxylic acids is 2. The molecule has 0 aromatic heterocycles. The van der Waals surface area contributed by atoms with Gasteiger partial charge in [0.25, 0.3) is 0 Å². The minimum atomic E-state index is -0.527. The second-order valence-electron chi connectivity index (χ2n) is 7.63. The maximum atomic E-state index is 12.6. The summed E-state index contributed by atoms with van der Waals surface area (Å²) in [6, 6.07) is 16.3. The van der Waals surface area contributed by atoms with Gasteiger partial charge in [-0.25, -0.2) is 9.69 Å². The van der Waals surface area contributed by atoms with Crippen molar-refractivity contribution >= 4 is 12.0 Å². The number of nitrogens with zero attached hydrogens (tertiary/aromatic N) is 1. The Labute approximate surface area is 146 Å². The van der Waals surface area contributed by atoms with Crippen molar-refractivity contribution in [2.24, 2.45) is 0 Å². The van der Waals surface area contributed by atoms with Crippen molar-refractivity contribution in [1.82, 2.24) is 4.90 Å². The Bertz CT molecular complexity index is 900. The third-order valence-corrected chi connectivity index (χ3v) is 6.58. The lowest BCUT2D eigenvalue weighted by molar-refractivity contribution is -0.128. The Morgan fingerprint density at radius 3 is 1.80 bits per heavy atom. The summed E-state index contributed by atoms with van der Waals surface area (Å²) in [7, 11) is 0. The fraction of sp³-hybridized carbons (Fsp3) is 0.333. The van der Waals surface area contributed by atoms with Crippen molar-refractivity contribution in [2.45, 2.75) is 43.7 Å². The van der Waals surface area contributed by atoms with Crippen LogP contribution in [0.25, 0.3) is 0 Å². The molecule has 4 aliphatic rings. The van der Waals surface area contributed by atoms with Gasteiger partial charge in [0.1, 0.15) is 6.10 Å². The van der Waals surface area contributed by atoms with Crippen LogP contribution in [-0.2, 0) is 20.4 Å². The molecule has 2 bridgehead atoms. The van der Waals surface area contributed by atoms with Crippen LogP contribution >= 0.6 is 0 Å². The molecular formula is C21H19NO3. The highest BCUT2D eigenvalue weighted by molar-refractivity contribution is 5.94. The van der Waals surface area contributed by atoms with E-state index in [1.165, 1.54) is 34.1 Å². The Hall–Kier alpha value is -2.62. The first-order chi connectivity index (χ1) is 11.9. The molecular weight excluding hydrogens is 314 g/mol. The van der Waals surface area contributed by atoms with Gasteiger partial charge < -0.3 is 4.74 Å². The van der Waals surface area contributed by atoms with E-state index in [0.717, 1.165) is 0 Å². The van der Waals surface area contributed by atoms with Crippen LogP contribution in [0.3, 0.4) is 0 Å². The maximum Gasteiger partial charge on any atom is 0.417 e. The second kappa shape index (κ2) is 4.31. The molecule has 3 aliphatic carbocycles. The van der Waals surface area contributed by atoms with E-state index in [2.05, 4.69) is 38.1 Å². The van der Waals surface area contributed by atoms with Gasteiger partial charge in [0.2, 0.25) is 5.91 Å². The number of hydrogen-bond acceptors (Lipinski definition) is 3. The molecule has 1 heterocycles. The molecule has 1 saturated heterocycles. The third-order valence-electron chi connectivity index (χ3n) is 6.58. The summed E-state index contributed by atoms with van der Waals surface area (Å²) < 4.78 is 5.82. The molecule has 1 fully saturated rings. The van der Waals surface area contributed by atoms with E-state index >= 15 is 0 Å². The topological polar surface area (TPSA) is 46.6 Å². The van der Waals surface area contributed by atoms with Gasteiger partial charge in [0, 0.05) is 12.3 Å². The van der Waals surface area contributed by atoms with Gasteiger partial charge in [-0.05, 0) is 36.1 Å². The normalized spacial score (nSPS) is 34.2. The Morgan fingerprint density at radius 2 is 1.36 bits per heavy atom. The summed E-state index contributed by atoms with van der Waals surface area (Å²) in [6.07, 6.45) is -0.903. The summed E-state index contributed by atoms with van der Waals surface area (Å²) in [6.45, 7) is 5.71. The number of ether oxygens (including phenoxy) is 1. The molecule has 126 valence electrons. The van der Waals surface area contributed by atoms with Crippen molar-refractivity contribution in [3.8, 4) is 0 Å². The van der Waals surface area contributed by atoms with Crippen LogP contribution in [0.4, 0.5) is 4.79 Å². The lowest BCUT2D eigenvalue weighted by Crippen LogP contribution is -2.66. The Balaban J connectivity index is 1.92. The average Bonchev–Trinajstić information content (AvgIpc) is 2.98. The largest absolute Gasteiger partial charge is 0.442 e. The zero-order valence-electron chi connectivity index (χ0n) is 14.4. The average molecular weight is 333 g/mol. The first-order valence-electron chi connectivity index (χ1n) is 8.62. The zero-order valence-corrected chi connectivity index (χ0v) is 14.4. The number of amides is 2. The number of hydrogen-bond donors (Lipinski definition) is 0. The van der Waals surface area contributed by atoms with E-state index in [9.17, 15) is 9.59 Å². The van der Waals surface area contributed by atoms with Crippen LogP contribution in [0.1, 0.15) is 43.0 Å². The number of benzene rings is 2. The summed E-state index contributed by atoms with van der Waals surface area (Å²) in [4.78, 5) is 26.2. The molecule has 0 saturated carbocycles. The molecule has 2 unspecified atom stereocenters. The van der Waals surface area contributed by atoms with Crippen molar-refractivity contribution in [1.29, 1.82) is 0 Å². The minimum absolute atomic E-state index is 0.259. The highest BCUT2D eigenvalue weighted by Crippen LogP contribution is 2.62. The lowest BCUT2D eigenvalue weighted by atomic mass is 9.47. The molecule has 0 radical (unpaired) electrons. The summed E-state index contributed by atoms with van der Waals surface area (Å²) in [5.41, 5.74) is 3.80. The van der Waals surface area contributed by atoms with Gasteiger partial charge in [0.15, 0.2) is 0 Å². The van der Waals surface area contributed by atoms with Gasteiger partial charge in [0.05, 0.1) is 11.5 Å². The molecule has 1 aliphatic heterocycles. The van der Waals surface area contributed by atoms with Crippen molar-refractivity contribution < 1.29 is 14.3 Å². The van der Waals surface area contributed by atoms with Gasteiger partial charge in [-0.3, -0.25) is 4.79 Å². The Kier molecular flexibility index (Phi) is 2.54. The molecule has 2 amide bonds. The van der Waals surface area contributed by atoms with Crippen LogP contribution < -0.4 is 0 Å². The van der Waals surface area contributed by atoms with Crippen molar-refractivity contribution in [3.63, 3.8) is 0 Å². The van der Waals surface area contributed by atoms with E-state index in [1.54, 1.807) is 0 Å². The molecule has 2 aromatic rings. The monoisotopic (exact) mass is 333 g/mol. The fourth-order valence-electron chi connectivity index (χ4n) is 5.49. The van der Waals surface area contributed by atoms with E-state index in [-0.39, 0.29) is 18.1 Å². The van der Waals surface area contributed by atoms with E-state index in [0.29, 0.717) is 0 Å². The number of imide groups is 1. The third kappa shape index (κ3) is 1.41. The zero-order chi connectivity index (χ0) is 17.6. The standard InChI is InChI=1S/C21H19NO3/c1-12(23)22-17-18(25-19(22)24)21(3)15-10-6-4-8-13(15)20(17,2)14-9-5-7-11-16(14)21/h4-11,17-18H,1-3H3. The maximum absolute atomic E-state index is 12.6. The predicted octanol–water partition coefficient (Wildman–Crippen LogP) is 3.36. The van der Waals surface area contributed by atoms with E-state index < -0.39 is 16.9 Å². The highest BCUT2D eigenvalue weighted by Gasteiger charge is 2.69. The molecule has 0 N–H and O–H groups in total. The Morgan fingerprint density at radius 1 is 0.920 bits per heavy atom. The molecule has 2 atom stereocenters. The molecule has 25 heavy (non-hydrogen) atoms. The number of rotatable bonds is 0. The van der Waals surface area contributed by atoms with Crippen LogP contribution in [0.15, 0.2) is 48.5 Å². The first-order valence-corrected chi connectivity index (χ1v) is 8.62. The van der Waals surface area contributed by atoms with Gasteiger partial charge in [-0.2, -0.15) is 0 Å². The molecule has 4 nitrogen and oxygen atoms in total. The van der Waals surface area contributed by atoms with E-state index in [4.69, 9.17) is 4.74 Å². The van der Waals surface area contributed by atoms with Crippen LogP contribution in [0, 0.1) is 0 Å². The van der Waals surface area contributed by atoms with Crippen LogP contribution in [0.2, 0.25) is 0 Å². The fourth-order valence-corrected chi connectivity index (χ4v) is 5.49. The van der Waals surface area contributed by atoms with Crippen molar-refractivity contribution in [3.05, 3.63) is 70.8 Å². The van der Waals surface area contributed by atoms with Crippen LogP contribution in [0.5, 0.6) is 0 Å². The summed E-state index contributed by atoms with van der Waals surface area (Å²) in [5, 5.41) is 0. The summed E-state index contributed by atoms with van der Waals surface area (Å²) >= 11 is 0. The predicted molar refractivity (Wildman–Crippen MR) is 92.4 cm³/mol. The smallest absolute Gasteiger partial charge is 0.417 e. The number of carbonyl (C=O) groups is 2. The molecule has 2 aromatic carbocycles. The SMILES string of the molecule is CC(=O)N1C(=O)OC2C1C1(C)c3ccccc3C2(C)c2ccccc21. The van der Waals surface area contributed by atoms with Crippen molar-refractivity contribution in [2.75, 3.05) is 0 Å². The highest BCUT2D eigenvalue weighted by atomic mass is 16.6. The molecule has 4 heteroatoms. The van der Waals surface area contributed by atoms with Gasteiger partial charge in [-0.1, -0.05) is 48.5 Å². The van der Waals surface area contributed by atoms with Gasteiger partial charge in [-0.15, -0.1) is 0 Å². The summed E-state index contributed by atoms with van der Waals surface area (Å²) in [5.74, 6) is -0.259.